The van der Waals surface area contributed by atoms with E-state index in [1.807, 2.05) is 63.2 Å². The lowest BCUT2D eigenvalue weighted by atomic mass is 10.1. The third-order valence-electron chi connectivity index (χ3n) is 3.31. The number of ether oxygens (including phenoxy) is 2. The molecular weight excluding hydrogens is 396 g/mol. The van der Waals surface area contributed by atoms with E-state index in [4.69, 9.17) is 9.47 Å². The Bertz CT molecular complexity index is 758. The molecule has 0 aromatic heterocycles. The van der Waals surface area contributed by atoms with Crippen LogP contribution in [-0.4, -0.2) is 24.8 Å². The van der Waals surface area contributed by atoms with Crippen molar-refractivity contribution in [3.05, 3.63) is 58.1 Å². The molecule has 0 heterocycles. The van der Waals surface area contributed by atoms with Crippen molar-refractivity contribution >= 4 is 28.1 Å². The normalized spacial score (nSPS) is 11.0. The Balaban J connectivity index is 1.97. The van der Waals surface area contributed by atoms with Gasteiger partial charge in [0.05, 0.1) is 25.3 Å². The highest BCUT2D eigenvalue weighted by molar-refractivity contribution is 9.10. The molecule has 0 bridgehead atoms. The zero-order chi connectivity index (χ0) is 18.9. The van der Waals surface area contributed by atoms with Crippen LogP contribution in [0.25, 0.3) is 0 Å². The molecule has 0 unspecified atom stereocenters. The van der Waals surface area contributed by atoms with Crippen LogP contribution in [0.4, 0.5) is 0 Å². The van der Waals surface area contributed by atoms with Gasteiger partial charge in [-0.1, -0.05) is 28.1 Å². The fraction of sp³-hybridized carbons (Fsp3) is 0.300. The number of nitrogens with one attached hydrogen (secondary N) is 1. The first-order chi connectivity index (χ1) is 12.5. The summed E-state index contributed by atoms with van der Waals surface area (Å²) in [4.78, 5) is 12.0. The molecule has 0 aliphatic heterocycles. The molecule has 0 saturated carbocycles. The van der Waals surface area contributed by atoms with Gasteiger partial charge in [-0.2, -0.15) is 5.10 Å². The summed E-state index contributed by atoms with van der Waals surface area (Å²) in [5.41, 5.74) is 4.28. The first-order valence-corrected chi connectivity index (χ1v) is 9.27. The molecule has 0 aliphatic rings. The van der Waals surface area contributed by atoms with Crippen molar-refractivity contribution in [3.63, 3.8) is 0 Å². The number of benzene rings is 2. The van der Waals surface area contributed by atoms with Gasteiger partial charge >= 0.3 is 0 Å². The molecule has 0 aliphatic carbocycles. The molecule has 2 aromatic rings. The fourth-order valence-electron chi connectivity index (χ4n) is 2.23. The van der Waals surface area contributed by atoms with Gasteiger partial charge in [-0.05, 0) is 62.2 Å². The highest BCUT2D eigenvalue weighted by Gasteiger charge is 2.08. The molecular formula is C20H23BrN2O3. The Kier molecular flexibility index (Phi) is 7.66. The van der Waals surface area contributed by atoms with Crippen molar-refractivity contribution in [1.82, 2.24) is 5.43 Å². The molecule has 0 saturated heterocycles. The maximum Gasteiger partial charge on any atom is 0.244 e. The molecule has 6 heteroatoms. The molecule has 0 fully saturated rings. The summed E-state index contributed by atoms with van der Waals surface area (Å²) in [6.07, 6.45) is 1.92. The molecule has 1 amide bonds. The van der Waals surface area contributed by atoms with Gasteiger partial charge in [0.25, 0.3) is 0 Å². The summed E-state index contributed by atoms with van der Waals surface area (Å²) in [5.74, 6) is 1.18. The SMILES string of the molecule is CCOc1cc(/C=N\NC(=O)Cc2ccc(Br)cc2)ccc1OC(C)C. The summed E-state index contributed by atoms with van der Waals surface area (Å²) in [6, 6.07) is 13.2. The van der Waals surface area contributed by atoms with E-state index in [2.05, 4.69) is 26.5 Å². The summed E-state index contributed by atoms with van der Waals surface area (Å²) in [5, 5.41) is 4.02. The van der Waals surface area contributed by atoms with E-state index in [0.29, 0.717) is 18.1 Å². The van der Waals surface area contributed by atoms with E-state index < -0.39 is 0 Å². The van der Waals surface area contributed by atoms with Crippen LogP contribution in [0.2, 0.25) is 0 Å². The number of hydrogen-bond acceptors (Lipinski definition) is 4. The third kappa shape index (κ3) is 6.52. The lowest BCUT2D eigenvalue weighted by molar-refractivity contribution is -0.120. The monoisotopic (exact) mass is 418 g/mol. The lowest BCUT2D eigenvalue weighted by Gasteiger charge is -2.14. The summed E-state index contributed by atoms with van der Waals surface area (Å²) >= 11 is 3.37. The molecule has 0 atom stereocenters. The molecule has 2 rings (SSSR count). The minimum Gasteiger partial charge on any atom is -0.490 e. The first kappa shape index (κ1) is 20.0. The Hall–Kier alpha value is -2.34. The number of hydrazone groups is 1. The number of carbonyl (C=O) groups excluding carboxylic acids is 1. The minimum atomic E-state index is -0.173. The van der Waals surface area contributed by atoms with Crippen molar-refractivity contribution < 1.29 is 14.3 Å². The summed E-state index contributed by atoms with van der Waals surface area (Å²) in [6.45, 7) is 6.39. The van der Waals surface area contributed by atoms with Crippen LogP contribution in [0.5, 0.6) is 11.5 Å². The maximum atomic E-state index is 12.0. The smallest absolute Gasteiger partial charge is 0.244 e. The molecule has 138 valence electrons. The van der Waals surface area contributed by atoms with Gasteiger partial charge in [0, 0.05) is 4.47 Å². The lowest BCUT2D eigenvalue weighted by Crippen LogP contribution is -2.19. The van der Waals surface area contributed by atoms with Crippen LogP contribution in [0.15, 0.2) is 52.0 Å². The molecule has 2 aromatic carbocycles. The van der Waals surface area contributed by atoms with Crippen LogP contribution in [0, 0.1) is 0 Å². The predicted molar refractivity (Wildman–Crippen MR) is 107 cm³/mol. The van der Waals surface area contributed by atoms with E-state index >= 15 is 0 Å². The maximum absolute atomic E-state index is 12.0. The van der Waals surface area contributed by atoms with E-state index in [1.54, 1.807) is 6.21 Å². The highest BCUT2D eigenvalue weighted by Crippen LogP contribution is 2.28. The van der Waals surface area contributed by atoms with Crippen molar-refractivity contribution in [2.45, 2.75) is 33.3 Å². The molecule has 0 radical (unpaired) electrons. The topological polar surface area (TPSA) is 59.9 Å². The second-order valence-electron chi connectivity index (χ2n) is 5.90. The summed E-state index contributed by atoms with van der Waals surface area (Å²) in [7, 11) is 0. The quantitative estimate of drug-likeness (QED) is 0.512. The molecule has 1 N–H and O–H groups in total. The number of hydrogen-bond donors (Lipinski definition) is 1. The average Bonchev–Trinajstić information content (AvgIpc) is 2.59. The van der Waals surface area contributed by atoms with E-state index in [-0.39, 0.29) is 18.4 Å². The van der Waals surface area contributed by atoms with Gasteiger partial charge in [-0.15, -0.1) is 0 Å². The number of halogens is 1. The van der Waals surface area contributed by atoms with Gasteiger partial charge in [0.15, 0.2) is 11.5 Å². The van der Waals surface area contributed by atoms with Crippen LogP contribution in [-0.2, 0) is 11.2 Å². The number of rotatable bonds is 8. The average molecular weight is 419 g/mol. The molecule has 26 heavy (non-hydrogen) atoms. The van der Waals surface area contributed by atoms with Crippen LogP contribution in [0.1, 0.15) is 31.9 Å². The van der Waals surface area contributed by atoms with E-state index in [0.717, 1.165) is 15.6 Å². The highest BCUT2D eigenvalue weighted by atomic mass is 79.9. The Morgan fingerprint density at radius 1 is 1.19 bits per heavy atom. The Labute approximate surface area is 162 Å². The predicted octanol–water partition coefficient (Wildman–Crippen LogP) is 4.33. The largest absolute Gasteiger partial charge is 0.490 e. The number of nitrogens with zero attached hydrogens (tertiary/aromatic N) is 1. The van der Waals surface area contributed by atoms with Gasteiger partial charge < -0.3 is 9.47 Å². The zero-order valence-electron chi connectivity index (χ0n) is 15.2. The Morgan fingerprint density at radius 2 is 1.92 bits per heavy atom. The van der Waals surface area contributed by atoms with Crippen molar-refractivity contribution in [3.8, 4) is 11.5 Å². The van der Waals surface area contributed by atoms with Crippen molar-refractivity contribution in [1.29, 1.82) is 0 Å². The standard InChI is InChI=1S/C20H23BrN2O3/c1-4-25-19-11-16(7-10-18(19)26-14(2)3)13-22-23-20(24)12-15-5-8-17(21)9-6-15/h5-11,13-14H,4,12H2,1-3H3,(H,23,24)/b22-13-. The third-order valence-corrected chi connectivity index (χ3v) is 3.84. The molecule has 0 spiro atoms. The second-order valence-corrected chi connectivity index (χ2v) is 6.82. The number of amides is 1. The van der Waals surface area contributed by atoms with Crippen LogP contribution < -0.4 is 14.9 Å². The van der Waals surface area contributed by atoms with Crippen LogP contribution >= 0.6 is 15.9 Å². The summed E-state index contributed by atoms with van der Waals surface area (Å²) < 4.78 is 12.3. The fourth-order valence-corrected chi connectivity index (χ4v) is 2.49. The van der Waals surface area contributed by atoms with Gasteiger partial charge in [-0.3, -0.25) is 4.79 Å². The van der Waals surface area contributed by atoms with Crippen molar-refractivity contribution in [2.75, 3.05) is 6.61 Å². The first-order valence-electron chi connectivity index (χ1n) is 8.47. The van der Waals surface area contributed by atoms with Gasteiger partial charge in [-0.25, -0.2) is 5.43 Å². The minimum absolute atomic E-state index is 0.0617. The second kappa shape index (κ2) is 9.97. The molecule has 5 nitrogen and oxygen atoms in total. The van der Waals surface area contributed by atoms with Gasteiger partial charge in [0.1, 0.15) is 0 Å². The van der Waals surface area contributed by atoms with Crippen LogP contribution in [0.3, 0.4) is 0 Å². The Morgan fingerprint density at radius 3 is 2.58 bits per heavy atom. The van der Waals surface area contributed by atoms with E-state index in [9.17, 15) is 4.79 Å². The zero-order valence-corrected chi connectivity index (χ0v) is 16.7. The number of carbonyl (C=O) groups is 1. The van der Waals surface area contributed by atoms with Gasteiger partial charge in [0.2, 0.25) is 5.91 Å². The van der Waals surface area contributed by atoms with Crippen molar-refractivity contribution in [2.24, 2.45) is 5.10 Å². The van der Waals surface area contributed by atoms with E-state index in [1.165, 1.54) is 0 Å².